The van der Waals surface area contributed by atoms with E-state index in [0.29, 0.717) is 30.2 Å². The number of aryl methyl sites for hydroxylation is 2. The number of nitrogens with zero attached hydrogens (tertiary/aromatic N) is 3. The number of fused-ring (bicyclic) bond motifs is 2. The first-order valence-electron chi connectivity index (χ1n) is 12.2. The van der Waals surface area contributed by atoms with Crippen LogP contribution in [-0.2, 0) is 24.1 Å². The molecule has 0 spiro atoms. The predicted molar refractivity (Wildman–Crippen MR) is 142 cm³/mol. The first-order valence-corrected chi connectivity index (χ1v) is 13.0. The van der Waals surface area contributed by atoms with Crippen molar-refractivity contribution in [1.29, 1.82) is 0 Å². The van der Waals surface area contributed by atoms with E-state index in [1.807, 2.05) is 61.2 Å². The van der Waals surface area contributed by atoms with Gasteiger partial charge in [0.1, 0.15) is 16.5 Å². The summed E-state index contributed by atoms with van der Waals surface area (Å²) in [6, 6.07) is 15.5. The molecule has 186 valence electrons. The summed E-state index contributed by atoms with van der Waals surface area (Å²) in [5.74, 6) is 1.43. The van der Waals surface area contributed by atoms with E-state index in [1.165, 1.54) is 0 Å². The fourth-order valence-electron chi connectivity index (χ4n) is 4.90. The zero-order valence-corrected chi connectivity index (χ0v) is 21.4. The number of anilines is 1. The Hall–Kier alpha value is -4.04. The van der Waals surface area contributed by atoms with Crippen molar-refractivity contribution in [2.75, 3.05) is 18.2 Å². The molecule has 0 radical (unpaired) electrons. The van der Waals surface area contributed by atoms with Crippen LogP contribution in [-0.4, -0.2) is 35.0 Å². The summed E-state index contributed by atoms with van der Waals surface area (Å²) in [5.41, 5.74) is 6.20. The van der Waals surface area contributed by atoms with Gasteiger partial charge >= 0.3 is 0 Å². The maximum atomic E-state index is 13.1. The fraction of sp³-hybridized carbons (Fsp3) is 0.241. The van der Waals surface area contributed by atoms with Gasteiger partial charge in [0.05, 0.1) is 12.1 Å². The summed E-state index contributed by atoms with van der Waals surface area (Å²) < 4.78 is 10.8. The van der Waals surface area contributed by atoms with Crippen LogP contribution in [0.1, 0.15) is 37.1 Å². The summed E-state index contributed by atoms with van der Waals surface area (Å²) in [6.07, 6.45) is 3.05. The molecule has 1 amide bonds. The number of rotatable bonds is 6. The van der Waals surface area contributed by atoms with Gasteiger partial charge in [0.2, 0.25) is 6.79 Å². The Balaban J connectivity index is 1.17. The third-order valence-electron chi connectivity index (χ3n) is 6.73. The smallest absolute Gasteiger partial charge is 0.277 e. The lowest BCUT2D eigenvalue weighted by Crippen LogP contribution is -2.30. The number of benzene rings is 2. The van der Waals surface area contributed by atoms with Crippen molar-refractivity contribution in [2.24, 2.45) is 0 Å². The molecule has 0 atom stereocenters. The van der Waals surface area contributed by atoms with E-state index in [1.54, 1.807) is 17.5 Å². The molecular weight excluding hydrogens is 486 g/mol. The molecule has 7 nitrogen and oxygen atoms in total. The molecule has 37 heavy (non-hydrogen) atoms. The number of amides is 1. The summed E-state index contributed by atoms with van der Waals surface area (Å²) in [7, 11) is 0. The van der Waals surface area contributed by atoms with Crippen LogP contribution in [0, 0.1) is 13.8 Å². The van der Waals surface area contributed by atoms with Crippen molar-refractivity contribution in [3.05, 3.63) is 87.0 Å². The molecule has 0 aliphatic carbocycles. The molecule has 0 bridgehead atoms. The van der Waals surface area contributed by atoms with Gasteiger partial charge in [0, 0.05) is 35.3 Å². The number of thiazole rings is 1. The first-order chi connectivity index (χ1) is 18.0. The molecule has 4 heterocycles. The SMILES string of the molecule is Cc1cccnc1C(=O)N1CCc2cc(-c3nc(CC(=O)Cc4ccc5c(c4)OCO5)sc3C)ccc21. The van der Waals surface area contributed by atoms with Gasteiger partial charge in [-0.25, -0.2) is 4.98 Å². The minimum atomic E-state index is -0.0716. The molecular formula is C29H25N3O4S. The maximum Gasteiger partial charge on any atom is 0.277 e. The molecule has 2 aromatic heterocycles. The Morgan fingerprint density at radius 1 is 1.03 bits per heavy atom. The molecule has 0 saturated heterocycles. The van der Waals surface area contributed by atoms with Gasteiger partial charge < -0.3 is 14.4 Å². The first kappa shape index (κ1) is 23.4. The van der Waals surface area contributed by atoms with Gasteiger partial charge in [-0.15, -0.1) is 11.3 Å². The quantitative estimate of drug-likeness (QED) is 0.358. The number of ketones is 1. The second-order valence-electron chi connectivity index (χ2n) is 9.31. The van der Waals surface area contributed by atoms with Gasteiger partial charge in [-0.1, -0.05) is 18.2 Å². The molecule has 6 rings (SSSR count). The summed E-state index contributed by atoms with van der Waals surface area (Å²) in [5, 5.41) is 0.807. The second-order valence-corrected chi connectivity index (χ2v) is 10.6. The zero-order valence-electron chi connectivity index (χ0n) is 20.6. The number of aromatic nitrogens is 2. The molecule has 2 aliphatic rings. The lowest BCUT2D eigenvalue weighted by Gasteiger charge is -2.18. The Morgan fingerprint density at radius 3 is 2.76 bits per heavy atom. The number of Topliss-reactive ketones (excluding diaryl/α,β-unsaturated/α-hetero) is 1. The molecule has 8 heteroatoms. The Kier molecular flexibility index (Phi) is 5.96. The van der Waals surface area contributed by atoms with Crippen LogP contribution >= 0.6 is 11.3 Å². The number of carbonyl (C=O) groups excluding carboxylic acids is 2. The van der Waals surface area contributed by atoms with Crippen LogP contribution in [0.25, 0.3) is 11.3 Å². The molecule has 4 aromatic rings. The largest absolute Gasteiger partial charge is 0.454 e. The van der Waals surface area contributed by atoms with Crippen LogP contribution in [0.3, 0.4) is 0 Å². The third kappa shape index (κ3) is 4.49. The second kappa shape index (κ2) is 9.44. The van der Waals surface area contributed by atoms with Crippen molar-refractivity contribution in [1.82, 2.24) is 9.97 Å². The third-order valence-corrected chi connectivity index (χ3v) is 7.70. The summed E-state index contributed by atoms with van der Waals surface area (Å²) in [4.78, 5) is 37.9. The van der Waals surface area contributed by atoms with E-state index in [0.717, 1.165) is 49.9 Å². The molecule has 0 saturated carbocycles. The van der Waals surface area contributed by atoms with Crippen molar-refractivity contribution >= 4 is 28.7 Å². The average Bonchev–Trinajstić information content (AvgIpc) is 3.61. The highest BCUT2D eigenvalue weighted by atomic mass is 32.1. The molecule has 2 aliphatic heterocycles. The number of pyridine rings is 1. The van der Waals surface area contributed by atoms with Crippen LogP contribution in [0.4, 0.5) is 5.69 Å². The Labute approximate surface area is 218 Å². The number of carbonyl (C=O) groups is 2. The van der Waals surface area contributed by atoms with Gasteiger partial charge in [0.25, 0.3) is 5.91 Å². The minimum absolute atomic E-state index is 0.0716. The minimum Gasteiger partial charge on any atom is -0.454 e. The zero-order chi connectivity index (χ0) is 25.5. The van der Waals surface area contributed by atoms with Crippen LogP contribution < -0.4 is 14.4 Å². The lowest BCUT2D eigenvalue weighted by atomic mass is 10.0. The van der Waals surface area contributed by atoms with E-state index in [9.17, 15) is 9.59 Å². The van der Waals surface area contributed by atoms with Crippen LogP contribution in [0.5, 0.6) is 11.5 Å². The van der Waals surface area contributed by atoms with Crippen LogP contribution in [0.2, 0.25) is 0 Å². The Morgan fingerprint density at radius 2 is 1.89 bits per heavy atom. The van der Waals surface area contributed by atoms with Gasteiger partial charge in [-0.2, -0.15) is 0 Å². The Bertz CT molecular complexity index is 1540. The normalized spacial score (nSPS) is 13.6. The predicted octanol–water partition coefficient (Wildman–Crippen LogP) is 5.11. The highest BCUT2D eigenvalue weighted by Gasteiger charge is 2.28. The molecule has 0 fully saturated rings. The van der Waals surface area contributed by atoms with E-state index in [2.05, 4.69) is 11.1 Å². The van der Waals surface area contributed by atoms with E-state index >= 15 is 0 Å². The standard InChI is InChI=1S/C29H25N3O4S/c1-17-4-3-10-30-27(17)29(34)32-11-9-20-14-21(6-7-23(20)32)28-18(2)37-26(31-28)15-22(33)12-19-5-8-24-25(13-19)36-16-35-24/h3-8,10,13-14H,9,11-12,15-16H2,1-2H3. The van der Waals surface area contributed by atoms with Crippen molar-refractivity contribution in [3.8, 4) is 22.8 Å². The van der Waals surface area contributed by atoms with Gasteiger partial charge in [-0.05, 0) is 67.3 Å². The maximum absolute atomic E-state index is 13.1. The van der Waals surface area contributed by atoms with E-state index < -0.39 is 0 Å². The van der Waals surface area contributed by atoms with E-state index in [4.69, 9.17) is 14.5 Å². The van der Waals surface area contributed by atoms with E-state index in [-0.39, 0.29) is 24.9 Å². The highest BCUT2D eigenvalue weighted by molar-refractivity contribution is 7.12. The monoisotopic (exact) mass is 511 g/mol. The number of hydrogen-bond donors (Lipinski definition) is 0. The van der Waals surface area contributed by atoms with Gasteiger partial charge in [-0.3, -0.25) is 14.6 Å². The molecule has 0 unspecified atom stereocenters. The van der Waals surface area contributed by atoms with Gasteiger partial charge in [0.15, 0.2) is 11.5 Å². The highest BCUT2D eigenvalue weighted by Crippen LogP contribution is 2.36. The topological polar surface area (TPSA) is 81.6 Å². The number of ether oxygens (including phenoxy) is 2. The number of hydrogen-bond acceptors (Lipinski definition) is 7. The van der Waals surface area contributed by atoms with Crippen molar-refractivity contribution in [2.45, 2.75) is 33.1 Å². The molecule has 0 N–H and O–H groups in total. The summed E-state index contributed by atoms with van der Waals surface area (Å²) in [6.45, 7) is 4.78. The summed E-state index contributed by atoms with van der Waals surface area (Å²) >= 11 is 1.56. The lowest BCUT2D eigenvalue weighted by molar-refractivity contribution is -0.117. The fourth-order valence-corrected chi connectivity index (χ4v) is 5.89. The van der Waals surface area contributed by atoms with Crippen molar-refractivity contribution in [3.63, 3.8) is 0 Å². The van der Waals surface area contributed by atoms with Crippen molar-refractivity contribution < 1.29 is 19.1 Å². The van der Waals surface area contributed by atoms with Crippen LogP contribution in [0.15, 0.2) is 54.7 Å². The average molecular weight is 512 g/mol. The molecule has 2 aromatic carbocycles.